The van der Waals surface area contributed by atoms with Gasteiger partial charge < -0.3 is 5.32 Å². The quantitative estimate of drug-likeness (QED) is 0.730. The number of thiophene rings is 2. The first kappa shape index (κ1) is 17.4. The van der Waals surface area contributed by atoms with Crippen LogP contribution in [-0.2, 0) is 16.6 Å². The Balaban J connectivity index is 2.22. The fourth-order valence-electron chi connectivity index (χ4n) is 1.76. The molecule has 0 aromatic carbocycles. The third kappa shape index (κ3) is 4.28. The van der Waals surface area contributed by atoms with Gasteiger partial charge in [-0.2, -0.15) is 0 Å². The predicted molar refractivity (Wildman–Crippen MR) is 92.8 cm³/mol. The summed E-state index contributed by atoms with van der Waals surface area (Å²) in [7, 11) is -1.76. The number of hydrogen-bond acceptors (Lipinski definition) is 5. The molecule has 1 unspecified atom stereocenters. The standard InChI is InChI=1S/C12H14BrClN2O2S3/c1-7(9-3-4-11(14)20-9)16-21(17,18)10-5-8(6-15-2)19-12(10)13/h3-5,7,15-16H,6H2,1-2H3. The molecule has 0 fully saturated rings. The van der Waals surface area contributed by atoms with Crippen LogP contribution in [-0.4, -0.2) is 15.5 Å². The highest BCUT2D eigenvalue weighted by Gasteiger charge is 2.24. The van der Waals surface area contributed by atoms with Crippen molar-refractivity contribution in [2.75, 3.05) is 7.05 Å². The molecule has 0 spiro atoms. The maximum Gasteiger partial charge on any atom is 0.243 e. The molecule has 21 heavy (non-hydrogen) atoms. The summed E-state index contributed by atoms with van der Waals surface area (Å²) in [5.74, 6) is 0. The van der Waals surface area contributed by atoms with E-state index in [1.165, 1.54) is 22.7 Å². The second-order valence-electron chi connectivity index (χ2n) is 4.37. The van der Waals surface area contributed by atoms with E-state index in [1.807, 2.05) is 13.1 Å². The second kappa shape index (κ2) is 7.08. The molecule has 116 valence electrons. The van der Waals surface area contributed by atoms with E-state index in [-0.39, 0.29) is 10.9 Å². The number of rotatable bonds is 6. The molecule has 2 aromatic rings. The third-order valence-corrected chi connectivity index (χ3v) is 7.91. The molecule has 0 bridgehead atoms. The lowest BCUT2D eigenvalue weighted by molar-refractivity contribution is 0.568. The molecule has 0 radical (unpaired) electrons. The van der Waals surface area contributed by atoms with Gasteiger partial charge in [0.05, 0.1) is 14.2 Å². The maximum absolute atomic E-state index is 12.5. The van der Waals surface area contributed by atoms with Crippen LogP contribution >= 0.6 is 50.2 Å². The topological polar surface area (TPSA) is 58.2 Å². The van der Waals surface area contributed by atoms with Gasteiger partial charge in [-0.15, -0.1) is 22.7 Å². The van der Waals surface area contributed by atoms with Crippen LogP contribution in [0.2, 0.25) is 4.34 Å². The largest absolute Gasteiger partial charge is 0.315 e. The van der Waals surface area contributed by atoms with Crippen LogP contribution in [0.3, 0.4) is 0 Å². The van der Waals surface area contributed by atoms with E-state index >= 15 is 0 Å². The Bertz CT molecular complexity index is 727. The van der Waals surface area contributed by atoms with Crippen LogP contribution in [0.1, 0.15) is 22.7 Å². The molecular weight excluding hydrogens is 416 g/mol. The molecule has 0 aliphatic heterocycles. The molecule has 0 amide bonds. The van der Waals surface area contributed by atoms with Crippen molar-refractivity contribution >= 4 is 60.2 Å². The monoisotopic (exact) mass is 428 g/mol. The summed E-state index contributed by atoms with van der Waals surface area (Å²) >= 11 is 12.0. The molecular formula is C12H14BrClN2O2S3. The summed E-state index contributed by atoms with van der Waals surface area (Å²) in [4.78, 5) is 2.11. The molecule has 0 saturated heterocycles. The zero-order chi connectivity index (χ0) is 15.6. The SMILES string of the molecule is CNCc1cc(S(=O)(=O)NC(C)c2ccc(Cl)s2)c(Br)s1. The van der Waals surface area contributed by atoms with Gasteiger partial charge in [0.1, 0.15) is 4.90 Å². The fourth-order valence-corrected chi connectivity index (χ4v) is 6.81. The molecule has 0 aliphatic rings. The van der Waals surface area contributed by atoms with Gasteiger partial charge in [-0.25, -0.2) is 13.1 Å². The predicted octanol–water partition coefficient (Wildman–Crippen LogP) is 3.98. The van der Waals surface area contributed by atoms with Gasteiger partial charge in [-0.1, -0.05) is 11.6 Å². The van der Waals surface area contributed by atoms with Gasteiger partial charge in [0.2, 0.25) is 10.0 Å². The second-order valence-corrected chi connectivity index (χ2v) is 10.2. The normalized spacial score (nSPS) is 13.5. The summed E-state index contributed by atoms with van der Waals surface area (Å²) in [6, 6.07) is 4.95. The van der Waals surface area contributed by atoms with Crippen molar-refractivity contribution in [1.82, 2.24) is 10.0 Å². The highest BCUT2D eigenvalue weighted by atomic mass is 79.9. The van der Waals surface area contributed by atoms with Crippen LogP contribution in [0.25, 0.3) is 0 Å². The summed E-state index contributed by atoms with van der Waals surface area (Å²) in [5.41, 5.74) is 0. The van der Waals surface area contributed by atoms with E-state index in [9.17, 15) is 8.42 Å². The number of hydrogen-bond donors (Lipinski definition) is 2. The lowest BCUT2D eigenvalue weighted by Crippen LogP contribution is -2.26. The maximum atomic E-state index is 12.5. The zero-order valence-electron chi connectivity index (χ0n) is 11.3. The van der Waals surface area contributed by atoms with Gasteiger partial charge in [0.25, 0.3) is 0 Å². The Morgan fingerprint density at radius 3 is 2.67 bits per heavy atom. The molecule has 2 heterocycles. The van der Waals surface area contributed by atoms with Crippen LogP contribution in [0.15, 0.2) is 26.9 Å². The van der Waals surface area contributed by atoms with Crippen molar-refractivity contribution in [3.8, 4) is 0 Å². The van der Waals surface area contributed by atoms with E-state index in [1.54, 1.807) is 19.1 Å². The lowest BCUT2D eigenvalue weighted by atomic mass is 10.3. The van der Waals surface area contributed by atoms with Gasteiger partial charge in [-0.05, 0) is 48.1 Å². The van der Waals surface area contributed by atoms with Crippen molar-refractivity contribution in [3.63, 3.8) is 0 Å². The van der Waals surface area contributed by atoms with E-state index in [0.717, 1.165) is 9.75 Å². The summed E-state index contributed by atoms with van der Waals surface area (Å²) in [6.45, 7) is 2.43. The van der Waals surface area contributed by atoms with Crippen molar-refractivity contribution in [2.45, 2.75) is 24.4 Å². The summed E-state index contributed by atoms with van der Waals surface area (Å²) in [6.07, 6.45) is 0. The first-order valence-electron chi connectivity index (χ1n) is 6.04. The number of nitrogens with one attached hydrogen (secondary N) is 2. The highest BCUT2D eigenvalue weighted by Crippen LogP contribution is 2.33. The minimum absolute atomic E-state index is 0.271. The fraction of sp³-hybridized carbons (Fsp3) is 0.333. The molecule has 1 atom stereocenters. The Morgan fingerprint density at radius 1 is 1.38 bits per heavy atom. The van der Waals surface area contributed by atoms with Gasteiger partial charge in [0.15, 0.2) is 0 Å². The van der Waals surface area contributed by atoms with E-state index in [2.05, 4.69) is 26.0 Å². The third-order valence-electron chi connectivity index (χ3n) is 2.70. The molecule has 9 heteroatoms. The molecule has 2 aromatic heterocycles. The molecule has 0 saturated carbocycles. The van der Waals surface area contributed by atoms with Gasteiger partial charge in [0, 0.05) is 16.3 Å². The van der Waals surface area contributed by atoms with Crippen LogP contribution in [0, 0.1) is 0 Å². The minimum Gasteiger partial charge on any atom is -0.315 e. The molecule has 2 N–H and O–H groups in total. The summed E-state index contributed by atoms with van der Waals surface area (Å²) in [5, 5.41) is 3.01. The zero-order valence-corrected chi connectivity index (χ0v) is 16.1. The van der Waals surface area contributed by atoms with Crippen molar-refractivity contribution in [3.05, 3.63) is 36.1 Å². The molecule has 4 nitrogen and oxygen atoms in total. The Labute approximate surface area is 145 Å². The summed E-state index contributed by atoms with van der Waals surface area (Å²) < 4.78 is 28.9. The lowest BCUT2D eigenvalue weighted by Gasteiger charge is -2.12. The minimum atomic E-state index is -3.58. The van der Waals surface area contributed by atoms with Crippen molar-refractivity contribution < 1.29 is 8.42 Å². The average Bonchev–Trinajstić information content (AvgIpc) is 2.96. The number of halogens is 2. The van der Waals surface area contributed by atoms with E-state index in [4.69, 9.17) is 11.6 Å². The van der Waals surface area contributed by atoms with E-state index in [0.29, 0.717) is 14.7 Å². The Hall–Kier alpha value is 0.0400. The van der Waals surface area contributed by atoms with Crippen LogP contribution < -0.4 is 10.0 Å². The first-order chi connectivity index (χ1) is 9.83. The van der Waals surface area contributed by atoms with E-state index < -0.39 is 10.0 Å². The Morgan fingerprint density at radius 2 is 2.10 bits per heavy atom. The van der Waals surface area contributed by atoms with Crippen LogP contribution in [0.5, 0.6) is 0 Å². The first-order valence-corrected chi connectivity index (χ1v) is 10.3. The smallest absolute Gasteiger partial charge is 0.243 e. The van der Waals surface area contributed by atoms with Gasteiger partial charge in [-0.3, -0.25) is 0 Å². The van der Waals surface area contributed by atoms with Gasteiger partial charge >= 0.3 is 0 Å². The number of sulfonamides is 1. The van der Waals surface area contributed by atoms with Crippen molar-refractivity contribution in [1.29, 1.82) is 0 Å². The van der Waals surface area contributed by atoms with Crippen molar-refractivity contribution in [2.24, 2.45) is 0 Å². The molecule has 2 rings (SSSR count). The van der Waals surface area contributed by atoms with Crippen LogP contribution in [0.4, 0.5) is 0 Å². The highest BCUT2D eigenvalue weighted by molar-refractivity contribution is 9.11. The average molecular weight is 430 g/mol. The Kier molecular flexibility index (Phi) is 5.86. The molecule has 0 aliphatic carbocycles.